The minimum absolute atomic E-state index is 0.0760. The molecule has 1 aromatic carbocycles. The first kappa shape index (κ1) is 13.8. The van der Waals surface area contributed by atoms with Crippen LogP contribution in [0, 0.1) is 5.82 Å². The fraction of sp³-hybridized carbons (Fsp3) is 0.200. The largest absolute Gasteiger partial charge is 0.488 e. The summed E-state index contributed by atoms with van der Waals surface area (Å²) in [6.45, 7) is 0.367. The molecule has 108 valence electrons. The van der Waals surface area contributed by atoms with Crippen molar-refractivity contribution < 1.29 is 9.13 Å². The van der Waals surface area contributed by atoms with Gasteiger partial charge in [0.1, 0.15) is 22.7 Å². The Bertz CT molecular complexity index is 773. The number of ether oxygens (including phenoxy) is 1. The normalized spacial score (nSPS) is 16.3. The van der Waals surface area contributed by atoms with Gasteiger partial charge in [-0.15, -0.1) is 0 Å². The van der Waals surface area contributed by atoms with Crippen molar-refractivity contribution in [3.05, 3.63) is 63.8 Å². The fourth-order valence-electron chi connectivity index (χ4n) is 2.48. The molecule has 1 unspecified atom stereocenters. The zero-order valence-corrected chi connectivity index (χ0v) is 11.9. The van der Waals surface area contributed by atoms with Gasteiger partial charge >= 0.3 is 0 Å². The smallest absolute Gasteiger partial charge is 0.260 e. The SMILES string of the molecule is NC(=S)c1cccn(CC2Cc3cc(F)ccc3O2)c1=O. The summed E-state index contributed by atoms with van der Waals surface area (Å²) in [4.78, 5) is 12.3. The molecule has 0 radical (unpaired) electrons. The Hall–Kier alpha value is -2.21. The second-order valence-electron chi connectivity index (χ2n) is 4.94. The lowest BCUT2D eigenvalue weighted by Gasteiger charge is -2.13. The second-order valence-corrected chi connectivity index (χ2v) is 5.38. The molecule has 21 heavy (non-hydrogen) atoms. The third-order valence-electron chi connectivity index (χ3n) is 3.45. The summed E-state index contributed by atoms with van der Waals surface area (Å²) >= 11 is 4.85. The number of hydrogen-bond acceptors (Lipinski definition) is 3. The molecule has 0 saturated heterocycles. The van der Waals surface area contributed by atoms with Crippen LogP contribution in [0.4, 0.5) is 4.39 Å². The summed E-state index contributed by atoms with van der Waals surface area (Å²) in [5, 5.41) is 0. The van der Waals surface area contributed by atoms with E-state index in [1.54, 1.807) is 24.4 Å². The van der Waals surface area contributed by atoms with Crippen LogP contribution in [0.2, 0.25) is 0 Å². The van der Waals surface area contributed by atoms with E-state index >= 15 is 0 Å². The highest BCUT2D eigenvalue weighted by Crippen LogP contribution is 2.29. The monoisotopic (exact) mass is 304 g/mol. The van der Waals surface area contributed by atoms with E-state index in [0.29, 0.717) is 24.3 Å². The molecule has 0 fully saturated rings. The lowest BCUT2D eigenvalue weighted by atomic mass is 10.1. The minimum Gasteiger partial charge on any atom is -0.488 e. The van der Waals surface area contributed by atoms with Gasteiger partial charge in [-0.3, -0.25) is 4.79 Å². The van der Waals surface area contributed by atoms with Crippen molar-refractivity contribution in [2.45, 2.75) is 19.1 Å². The van der Waals surface area contributed by atoms with Gasteiger partial charge in [-0.05, 0) is 30.3 Å². The zero-order chi connectivity index (χ0) is 15.0. The van der Waals surface area contributed by atoms with E-state index in [4.69, 9.17) is 22.7 Å². The lowest BCUT2D eigenvalue weighted by Crippen LogP contribution is -2.33. The first-order valence-electron chi connectivity index (χ1n) is 6.49. The maximum absolute atomic E-state index is 13.2. The summed E-state index contributed by atoms with van der Waals surface area (Å²) in [6.07, 6.45) is 2.02. The Morgan fingerprint density at radius 1 is 1.48 bits per heavy atom. The standard InChI is InChI=1S/C15H13FN2O2S/c16-10-3-4-13-9(6-10)7-11(20-13)8-18-5-1-2-12(14(17)21)15(18)19/h1-6,11H,7-8H2,(H2,17,21). The predicted octanol–water partition coefficient (Wildman–Crippen LogP) is 1.63. The summed E-state index contributed by atoms with van der Waals surface area (Å²) in [5.74, 6) is 0.380. The first-order valence-corrected chi connectivity index (χ1v) is 6.90. The number of nitrogens with zero attached hydrogens (tertiary/aromatic N) is 1. The van der Waals surface area contributed by atoms with Crippen LogP contribution in [0.1, 0.15) is 11.1 Å². The summed E-state index contributed by atoms with van der Waals surface area (Å²) in [6, 6.07) is 7.75. The molecule has 4 nitrogen and oxygen atoms in total. The van der Waals surface area contributed by atoms with Crippen molar-refractivity contribution >= 4 is 17.2 Å². The maximum atomic E-state index is 13.2. The third kappa shape index (κ3) is 2.67. The van der Waals surface area contributed by atoms with E-state index in [2.05, 4.69) is 0 Å². The van der Waals surface area contributed by atoms with E-state index in [0.717, 1.165) is 5.56 Å². The van der Waals surface area contributed by atoms with Crippen molar-refractivity contribution in [1.82, 2.24) is 4.57 Å². The predicted molar refractivity (Wildman–Crippen MR) is 81.1 cm³/mol. The van der Waals surface area contributed by atoms with Crippen LogP contribution in [-0.4, -0.2) is 15.7 Å². The zero-order valence-electron chi connectivity index (χ0n) is 11.1. The molecule has 0 saturated carbocycles. The van der Waals surface area contributed by atoms with Crippen molar-refractivity contribution in [3.8, 4) is 5.75 Å². The quantitative estimate of drug-likeness (QED) is 0.876. The Labute approximate surface area is 126 Å². The van der Waals surface area contributed by atoms with Crippen LogP contribution in [0.5, 0.6) is 5.75 Å². The molecular formula is C15H13FN2O2S. The highest BCUT2D eigenvalue weighted by Gasteiger charge is 2.24. The van der Waals surface area contributed by atoms with Gasteiger partial charge in [-0.2, -0.15) is 0 Å². The molecule has 1 aliphatic heterocycles. The molecule has 2 heterocycles. The number of aromatic nitrogens is 1. The first-order chi connectivity index (χ1) is 10.0. The van der Waals surface area contributed by atoms with Gasteiger partial charge in [-0.25, -0.2) is 4.39 Å². The summed E-state index contributed by atoms with van der Waals surface area (Å²) in [7, 11) is 0. The molecule has 1 aliphatic rings. The number of pyridine rings is 1. The average molecular weight is 304 g/mol. The van der Waals surface area contributed by atoms with Gasteiger partial charge in [-0.1, -0.05) is 12.2 Å². The molecule has 0 bridgehead atoms. The highest BCUT2D eigenvalue weighted by atomic mass is 32.1. The topological polar surface area (TPSA) is 57.2 Å². The number of nitrogens with two attached hydrogens (primary N) is 1. The van der Waals surface area contributed by atoms with Crippen molar-refractivity contribution in [1.29, 1.82) is 0 Å². The molecular weight excluding hydrogens is 291 g/mol. The molecule has 0 amide bonds. The average Bonchev–Trinajstić information content (AvgIpc) is 2.82. The van der Waals surface area contributed by atoms with E-state index in [1.807, 2.05) is 0 Å². The summed E-state index contributed by atoms with van der Waals surface area (Å²) < 4.78 is 20.4. The van der Waals surface area contributed by atoms with Crippen LogP contribution in [0.15, 0.2) is 41.3 Å². The van der Waals surface area contributed by atoms with Crippen LogP contribution >= 0.6 is 12.2 Å². The lowest BCUT2D eigenvalue weighted by molar-refractivity contribution is 0.207. The van der Waals surface area contributed by atoms with Crippen LogP contribution in [-0.2, 0) is 13.0 Å². The van der Waals surface area contributed by atoms with Crippen LogP contribution in [0.3, 0.4) is 0 Å². The Morgan fingerprint density at radius 2 is 2.29 bits per heavy atom. The highest BCUT2D eigenvalue weighted by molar-refractivity contribution is 7.80. The van der Waals surface area contributed by atoms with E-state index in [1.165, 1.54) is 16.7 Å². The number of hydrogen-bond donors (Lipinski definition) is 1. The van der Waals surface area contributed by atoms with Gasteiger partial charge in [0.15, 0.2) is 0 Å². The Balaban J connectivity index is 1.82. The van der Waals surface area contributed by atoms with Crippen LogP contribution in [0.25, 0.3) is 0 Å². The molecule has 0 spiro atoms. The van der Waals surface area contributed by atoms with Crippen LogP contribution < -0.4 is 16.0 Å². The number of rotatable bonds is 3. The Kier molecular flexibility index (Phi) is 3.47. The number of halogens is 1. The van der Waals surface area contributed by atoms with Gasteiger partial charge < -0.3 is 15.0 Å². The fourth-order valence-corrected chi connectivity index (χ4v) is 2.63. The van der Waals surface area contributed by atoms with Gasteiger partial charge in [0, 0.05) is 18.2 Å². The molecule has 6 heteroatoms. The Morgan fingerprint density at radius 3 is 3.05 bits per heavy atom. The number of thiocarbonyl (C=S) groups is 1. The number of benzene rings is 1. The summed E-state index contributed by atoms with van der Waals surface area (Å²) in [5.41, 5.74) is 6.41. The van der Waals surface area contributed by atoms with Gasteiger partial charge in [0.25, 0.3) is 5.56 Å². The van der Waals surface area contributed by atoms with Crippen molar-refractivity contribution in [3.63, 3.8) is 0 Å². The molecule has 1 aromatic heterocycles. The second kappa shape index (κ2) is 5.29. The molecule has 3 rings (SSSR count). The maximum Gasteiger partial charge on any atom is 0.260 e. The molecule has 1 atom stereocenters. The third-order valence-corrected chi connectivity index (χ3v) is 3.67. The van der Waals surface area contributed by atoms with Crippen molar-refractivity contribution in [2.24, 2.45) is 5.73 Å². The molecule has 2 aromatic rings. The van der Waals surface area contributed by atoms with E-state index in [9.17, 15) is 9.18 Å². The molecule has 0 aliphatic carbocycles. The minimum atomic E-state index is -0.286. The molecule has 2 N–H and O–H groups in total. The van der Waals surface area contributed by atoms with Gasteiger partial charge in [0.2, 0.25) is 0 Å². The number of fused-ring (bicyclic) bond motifs is 1. The van der Waals surface area contributed by atoms with E-state index in [-0.39, 0.29) is 22.5 Å². The van der Waals surface area contributed by atoms with E-state index < -0.39 is 0 Å². The van der Waals surface area contributed by atoms with Gasteiger partial charge in [0.05, 0.1) is 12.1 Å². The van der Waals surface area contributed by atoms with Crippen molar-refractivity contribution in [2.75, 3.05) is 0 Å².